The molecule has 1 atom stereocenters. The van der Waals surface area contributed by atoms with E-state index in [-0.39, 0.29) is 11.5 Å². The molecule has 1 aliphatic carbocycles. The summed E-state index contributed by atoms with van der Waals surface area (Å²) in [6.07, 6.45) is 3.95. The van der Waals surface area contributed by atoms with Crippen molar-refractivity contribution < 1.29 is 9.53 Å². The zero-order valence-electron chi connectivity index (χ0n) is 12.7. The minimum Gasteiger partial charge on any atom is -0.466 e. The van der Waals surface area contributed by atoms with E-state index in [1.807, 2.05) is 6.92 Å². The van der Waals surface area contributed by atoms with Gasteiger partial charge in [-0.15, -0.1) is 0 Å². The van der Waals surface area contributed by atoms with E-state index in [4.69, 9.17) is 4.74 Å². The van der Waals surface area contributed by atoms with Crippen LogP contribution in [0.15, 0.2) is 0 Å². The molecule has 0 amide bonds. The summed E-state index contributed by atoms with van der Waals surface area (Å²) < 4.78 is 5.17. The van der Waals surface area contributed by atoms with Crippen LogP contribution < -0.4 is 0 Å². The molecule has 0 saturated heterocycles. The summed E-state index contributed by atoms with van der Waals surface area (Å²) in [4.78, 5) is 14.4. The van der Waals surface area contributed by atoms with Gasteiger partial charge < -0.3 is 4.74 Å². The fourth-order valence-electron chi connectivity index (χ4n) is 3.55. The summed E-state index contributed by atoms with van der Waals surface area (Å²) in [6, 6.07) is 0. The van der Waals surface area contributed by atoms with E-state index in [9.17, 15) is 4.79 Å². The Morgan fingerprint density at radius 1 is 1.17 bits per heavy atom. The molecule has 0 N–H and O–H groups in total. The topological polar surface area (TPSA) is 29.5 Å². The molecule has 1 aliphatic rings. The second-order valence-corrected chi connectivity index (χ2v) is 6.22. The second-order valence-electron chi connectivity index (χ2n) is 6.22. The lowest BCUT2D eigenvalue weighted by atomic mass is 9.84. The molecule has 0 aromatic heterocycles. The number of esters is 1. The third-order valence-electron chi connectivity index (χ3n) is 4.29. The van der Waals surface area contributed by atoms with Gasteiger partial charge in [0, 0.05) is 5.54 Å². The highest BCUT2D eigenvalue weighted by Crippen LogP contribution is 2.48. The second kappa shape index (κ2) is 6.05. The number of hydrogen-bond donors (Lipinski definition) is 0. The third-order valence-corrected chi connectivity index (χ3v) is 4.29. The average Bonchev–Trinajstić information content (AvgIpc) is 2.57. The van der Waals surface area contributed by atoms with Crippen LogP contribution in [-0.2, 0) is 9.53 Å². The summed E-state index contributed by atoms with van der Waals surface area (Å²) in [5.41, 5.74) is 0.369. The van der Waals surface area contributed by atoms with Gasteiger partial charge in [0.25, 0.3) is 0 Å². The molecule has 0 heterocycles. The monoisotopic (exact) mass is 255 g/mol. The highest BCUT2D eigenvalue weighted by atomic mass is 16.5. The van der Waals surface area contributed by atoms with Crippen molar-refractivity contribution in [1.29, 1.82) is 0 Å². The normalized spacial score (nSPS) is 26.6. The minimum absolute atomic E-state index is 0.0270. The largest absolute Gasteiger partial charge is 0.466 e. The van der Waals surface area contributed by atoms with Gasteiger partial charge in [-0.1, -0.05) is 27.7 Å². The fraction of sp³-hybridized carbons (Fsp3) is 0.933. The van der Waals surface area contributed by atoms with Gasteiger partial charge in [-0.2, -0.15) is 0 Å². The van der Waals surface area contributed by atoms with Gasteiger partial charge in [-0.25, -0.2) is 0 Å². The molecule has 1 rings (SSSR count). The summed E-state index contributed by atoms with van der Waals surface area (Å²) >= 11 is 0. The first-order valence-corrected chi connectivity index (χ1v) is 7.30. The Morgan fingerprint density at radius 3 is 2.17 bits per heavy atom. The molecule has 106 valence electrons. The van der Waals surface area contributed by atoms with Crippen molar-refractivity contribution in [2.24, 2.45) is 5.41 Å². The van der Waals surface area contributed by atoms with Crippen molar-refractivity contribution in [2.45, 2.75) is 65.8 Å². The van der Waals surface area contributed by atoms with Crippen LogP contribution in [0.3, 0.4) is 0 Å². The standard InChI is InChI=1S/C15H29NO2/c1-6-16(7-2)15(11-13(17)18-8-3)10-9-14(4,5)12-15/h6-12H2,1-5H3. The van der Waals surface area contributed by atoms with E-state index < -0.39 is 0 Å². The lowest BCUT2D eigenvalue weighted by Crippen LogP contribution is -2.49. The first-order chi connectivity index (χ1) is 8.39. The highest BCUT2D eigenvalue weighted by Gasteiger charge is 2.47. The van der Waals surface area contributed by atoms with E-state index in [0.29, 0.717) is 18.4 Å². The van der Waals surface area contributed by atoms with Crippen LogP contribution in [0.4, 0.5) is 0 Å². The average molecular weight is 255 g/mol. The predicted molar refractivity (Wildman–Crippen MR) is 74.5 cm³/mol. The zero-order valence-corrected chi connectivity index (χ0v) is 12.7. The van der Waals surface area contributed by atoms with Crippen molar-refractivity contribution in [1.82, 2.24) is 4.90 Å². The molecule has 18 heavy (non-hydrogen) atoms. The summed E-state index contributed by atoms with van der Waals surface area (Å²) in [5, 5.41) is 0. The van der Waals surface area contributed by atoms with Crippen LogP contribution in [0.1, 0.15) is 60.3 Å². The Morgan fingerprint density at radius 2 is 1.78 bits per heavy atom. The SMILES string of the molecule is CCOC(=O)CC1(N(CC)CC)CCC(C)(C)C1. The van der Waals surface area contributed by atoms with Crippen molar-refractivity contribution >= 4 is 5.97 Å². The number of carbonyl (C=O) groups excluding carboxylic acids is 1. The molecule has 0 aromatic rings. The maximum absolute atomic E-state index is 11.9. The summed E-state index contributed by atoms with van der Waals surface area (Å²) in [6.45, 7) is 13.4. The van der Waals surface area contributed by atoms with Gasteiger partial charge in [0.2, 0.25) is 0 Å². The van der Waals surface area contributed by atoms with Gasteiger partial charge in [0.05, 0.1) is 13.0 Å². The van der Waals surface area contributed by atoms with E-state index >= 15 is 0 Å². The van der Waals surface area contributed by atoms with Gasteiger partial charge in [0.1, 0.15) is 0 Å². The molecule has 0 aromatic carbocycles. The van der Waals surface area contributed by atoms with Crippen LogP contribution in [0.2, 0.25) is 0 Å². The Labute approximate surface area is 112 Å². The van der Waals surface area contributed by atoms with Gasteiger partial charge in [0.15, 0.2) is 0 Å². The maximum atomic E-state index is 11.9. The Hall–Kier alpha value is -0.570. The number of hydrogen-bond acceptors (Lipinski definition) is 3. The summed E-state index contributed by atoms with van der Waals surface area (Å²) in [7, 11) is 0. The molecule has 0 bridgehead atoms. The zero-order chi connectivity index (χ0) is 13.8. The van der Waals surface area contributed by atoms with Crippen molar-refractivity contribution in [3.8, 4) is 0 Å². The molecule has 0 radical (unpaired) electrons. The third kappa shape index (κ3) is 3.47. The summed E-state index contributed by atoms with van der Waals surface area (Å²) in [5.74, 6) is -0.0397. The van der Waals surface area contributed by atoms with E-state index in [2.05, 4.69) is 32.6 Å². The van der Waals surface area contributed by atoms with Crippen LogP contribution in [0.25, 0.3) is 0 Å². The van der Waals surface area contributed by atoms with Crippen LogP contribution in [0.5, 0.6) is 0 Å². The van der Waals surface area contributed by atoms with Crippen molar-refractivity contribution in [2.75, 3.05) is 19.7 Å². The smallest absolute Gasteiger partial charge is 0.307 e. The molecule has 0 aliphatic heterocycles. The molecular weight excluding hydrogens is 226 g/mol. The minimum atomic E-state index is -0.0397. The fourth-order valence-corrected chi connectivity index (χ4v) is 3.55. The Bertz CT molecular complexity index is 284. The quantitative estimate of drug-likeness (QED) is 0.682. The van der Waals surface area contributed by atoms with E-state index in [1.165, 1.54) is 6.42 Å². The Balaban J connectivity index is 2.85. The van der Waals surface area contributed by atoms with Crippen LogP contribution >= 0.6 is 0 Å². The van der Waals surface area contributed by atoms with Crippen molar-refractivity contribution in [3.05, 3.63) is 0 Å². The molecule has 1 unspecified atom stereocenters. The van der Waals surface area contributed by atoms with Crippen LogP contribution in [0, 0.1) is 5.41 Å². The maximum Gasteiger partial charge on any atom is 0.307 e. The highest BCUT2D eigenvalue weighted by molar-refractivity contribution is 5.71. The molecule has 1 saturated carbocycles. The Kier molecular flexibility index (Phi) is 5.20. The van der Waals surface area contributed by atoms with E-state index in [1.54, 1.807) is 0 Å². The molecular formula is C15H29NO2. The lowest BCUT2D eigenvalue weighted by Gasteiger charge is -2.40. The van der Waals surface area contributed by atoms with Crippen molar-refractivity contribution in [3.63, 3.8) is 0 Å². The first kappa shape index (κ1) is 15.5. The molecule has 1 fully saturated rings. The molecule has 0 spiro atoms. The van der Waals surface area contributed by atoms with Gasteiger partial charge >= 0.3 is 5.97 Å². The molecule has 3 nitrogen and oxygen atoms in total. The van der Waals surface area contributed by atoms with Gasteiger partial charge in [-0.05, 0) is 44.7 Å². The molecule has 3 heteroatoms. The van der Waals surface area contributed by atoms with E-state index in [0.717, 1.165) is 25.9 Å². The number of nitrogens with zero attached hydrogens (tertiary/aromatic N) is 1. The predicted octanol–water partition coefficient (Wildman–Crippen LogP) is 3.23. The first-order valence-electron chi connectivity index (χ1n) is 7.30. The number of ether oxygens (including phenoxy) is 1. The van der Waals surface area contributed by atoms with Gasteiger partial charge in [-0.3, -0.25) is 9.69 Å². The van der Waals surface area contributed by atoms with Crippen LogP contribution in [-0.4, -0.2) is 36.1 Å². The lowest BCUT2D eigenvalue weighted by molar-refractivity contribution is -0.146. The number of carbonyl (C=O) groups is 1. The number of rotatable bonds is 6.